The molecule has 3 aromatic heterocycles. The van der Waals surface area contributed by atoms with E-state index in [1.807, 2.05) is 6.07 Å². The van der Waals surface area contributed by atoms with Crippen molar-refractivity contribution >= 4 is 27.8 Å². The largest absolute Gasteiger partial charge is 0.379 e. The molecule has 1 aliphatic heterocycles. The molecular weight excluding hydrogens is 392 g/mol. The lowest BCUT2D eigenvalue weighted by atomic mass is 9.90. The molecule has 0 bridgehead atoms. The number of hydrogen-bond donors (Lipinski definition) is 3. The molecule has 3 N–H and O–H groups in total. The highest BCUT2D eigenvalue weighted by atomic mass is 16.5. The molecule has 2 aliphatic rings. The van der Waals surface area contributed by atoms with E-state index < -0.39 is 0 Å². The minimum atomic E-state index is 0.429. The molecule has 4 heterocycles. The molecule has 0 unspecified atom stereocenters. The van der Waals surface area contributed by atoms with Gasteiger partial charge < -0.3 is 20.0 Å². The normalized spacial score (nSPS) is 22.8. The number of aromatic nitrogens is 6. The van der Waals surface area contributed by atoms with Crippen LogP contribution in [0.25, 0.3) is 33.3 Å². The number of anilines is 1. The monoisotopic (exact) mass is 418 g/mol. The minimum absolute atomic E-state index is 0.429. The van der Waals surface area contributed by atoms with Gasteiger partial charge in [0.2, 0.25) is 0 Å². The Labute approximate surface area is 179 Å². The molecule has 9 nitrogen and oxygen atoms in total. The van der Waals surface area contributed by atoms with Crippen molar-refractivity contribution in [2.45, 2.75) is 37.8 Å². The highest BCUT2D eigenvalue weighted by molar-refractivity contribution is 6.12. The molecule has 6 rings (SSSR count). The van der Waals surface area contributed by atoms with E-state index in [0.717, 1.165) is 78.3 Å². The zero-order valence-corrected chi connectivity index (χ0v) is 17.3. The lowest BCUT2D eigenvalue weighted by Crippen LogP contribution is -2.46. The van der Waals surface area contributed by atoms with Crippen molar-refractivity contribution in [1.82, 2.24) is 35.0 Å². The number of nitrogens with one attached hydrogen (secondary N) is 3. The van der Waals surface area contributed by atoms with Crippen LogP contribution in [0.2, 0.25) is 0 Å². The molecule has 1 aliphatic carbocycles. The Bertz CT molecular complexity index is 1170. The molecule has 4 aromatic rings. The summed E-state index contributed by atoms with van der Waals surface area (Å²) in [5, 5.41) is 13.9. The molecule has 0 spiro atoms. The van der Waals surface area contributed by atoms with Crippen LogP contribution in [0, 0.1) is 0 Å². The Morgan fingerprint density at radius 1 is 1.06 bits per heavy atom. The van der Waals surface area contributed by atoms with Crippen LogP contribution in [0.3, 0.4) is 0 Å². The van der Waals surface area contributed by atoms with Crippen molar-refractivity contribution in [1.29, 1.82) is 0 Å². The second-order valence-electron chi connectivity index (χ2n) is 8.47. The van der Waals surface area contributed by atoms with E-state index in [1.54, 1.807) is 12.7 Å². The topological polar surface area (TPSA) is 108 Å². The van der Waals surface area contributed by atoms with E-state index in [1.165, 1.54) is 12.8 Å². The summed E-state index contributed by atoms with van der Waals surface area (Å²) >= 11 is 0. The number of nitrogens with zero attached hydrogens (tertiary/aromatic N) is 5. The third-order valence-corrected chi connectivity index (χ3v) is 6.68. The van der Waals surface area contributed by atoms with E-state index in [2.05, 4.69) is 52.5 Å². The molecule has 9 heteroatoms. The standard InChI is InChI=1S/C22H26N8O/c1-6-18-17(11-14(1)20-25-13-26-29-20)19-21(23-12-24-22(19)28-18)27-15-2-4-16(5-3-15)30-7-9-31-10-8-30/h1,6,11-13,15-16H,2-5,7-10H2,(H,25,26,29)(H2,23,24,27,28)/t15-,16-. The van der Waals surface area contributed by atoms with Crippen LogP contribution in [0.15, 0.2) is 30.9 Å². The number of H-pyrrole nitrogens is 2. The highest BCUT2D eigenvalue weighted by Gasteiger charge is 2.27. The number of hydrogen-bond acceptors (Lipinski definition) is 7. The van der Waals surface area contributed by atoms with Crippen LogP contribution in [0.1, 0.15) is 25.7 Å². The van der Waals surface area contributed by atoms with Gasteiger partial charge in [-0.15, -0.1) is 10.2 Å². The first-order valence-corrected chi connectivity index (χ1v) is 11.1. The number of benzene rings is 1. The fraction of sp³-hybridized carbons (Fsp3) is 0.455. The predicted octanol–water partition coefficient (Wildman–Crippen LogP) is 2.95. The lowest BCUT2D eigenvalue weighted by Gasteiger charge is -2.39. The second kappa shape index (κ2) is 7.90. The van der Waals surface area contributed by atoms with Crippen LogP contribution >= 0.6 is 0 Å². The number of aromatic amines is 2. The summed E-state index contributed by atoms with van der Waals surface area (Å²) < 4.78 is 5.51. The quantitative estimate of drug-likeness (QED) is 0.468. The highest BCUT2D eigenvalue weighted by Crippen LogP contribution is 2.33. The number of fused-ring (bicyclic) bond motifs is 3. The number of ether oxygens (including phenoxy) is 1. The van der Waals surface area contributed by atoms with Crippen molar-refractivity contribution in [3.63, 3.8) is 0 Å². The van der Waals surface area contributed by atoms with Gasteiger partial charge >= 0.3 is 0 Å². The zero-order valence-electron chi connectivity index (χ0n) is 17.3. The maximum absolute atomic E-state index is 5.51. The van der Waals surface area contributed by atoms with E-state index in [-0.39, 0.29) is 0 Å². The Morgan fingerprint density at radius 3 is 2.74 bits per heavy atom. The van der Waals surface area contributed by atoms with Gasteiger partial charge in [0.15, 0.2) is 5.82 Å². The molecule has 1 saturated carbocycles. The van der Waals surface area contributed by atoms with Crippen LogP contribution in [0.5, 0.6) is 0 Å². The molecule has 31 heavy (non-hydrogen) atoms. The first-order valence-electron chi connectivity index (χ1n) is 11.1. The molecule has 2 fully saturated rings. The molecule has 1 aromatic carbocycles. The van der Waals surface area contributed by atoms with Crippen LogP contribution < -0.4 is 5.32 Å². The van der Waals surface area contributed by atoms with E-state index >= 15 is 0 Å². The SMILES string of the molecule is c1nc(N[C@H]2CC[C@H](N3CCOCC3)CC2)c2c(n1)[nH]c1ccc(-c3nnc[nH]3)cc12. The molecule has 1 saturated heterocycles. The van der Waals surface area contributed by atoms with Gasteiger partial charge in [-0.2, -0.15) is 0 Å². The summed E-state index contributed by atoms with van der Waals surface area (Å²) in [6, 6.07) is 7.33. The van der Waals surface area contributed by atoms with Crippen LogP contribution in [0.4, 0.5) is 5.82 Å². The van der Waals surface area contributed by atoms with Crippen molar-refractivity contribution < 1.29 is 4.74 Å². The summed E-state index contributed by atoms with van der Waals surface area (Å²) in [5.74, 6) is 1.66. The fourth-order valence-electron chi connectivity index (χ4n) is 5.05. The summed E-state index contributed by atoms with van der Waals surface area (Å²) in [5.41, 5.74) is 2.88. The van der Waals surface area contributed by atoms with E-state index in [4.69, 9.17) is 4.74 Å². The van der Waals surface area contributed by atoms with Gasteiger partial charge in [0.25, 0.3) is 0 Å². The molecule has 160 valence electrons. The van der Waals surface area contributed by atoms with Crippen LogP contribution in [-0.2, 0) is 4.74 Å². The Hall–Kier alpha value is -3.04. The van der Waals surface area contributed by atoms with E-state index in [0.29, 0.717) is 12.1 Å². The fourth-order valence-corrected chi connectivity index (χ4v) is 5.05. The minimum Gasteiger partial charge on any atom is -0.379 e. The van der Waals surface area contributed by atoms with Crippen molar-refractivity contribution in [3.8, 4) is 11.4 Å². The van der Waals surface area contributed by atoms with Crippen molar-refractivity contribution in [2.75, 3.05) is 31.6 Å². The van der Waals surface area contributed by atoms with Gasteiger partial charge in [-0.3, -0.25) is 4.90 Å². The molecule has 0 atom stereocenters. The average Bonchev–Trinajstić information content (AvgIpc) is 3.48. The first kappa shape index (κ1) is 18.7. The van der Waals surface area contributed by atoms with Crippen LogP contribution in [-0.4, -0.2) is 73.4 Å². The maximum atomic E-state index is 5.51. The molecule has 0 amide bonds. The Kier molecular flexibility index (Phi) is 4.77. The first-order chi connectivity index (χ1) is 15.3. The Morgan fingerprint density at radius 2 is 1.94 bits per heavy atom. The zero-order chi connectivity index (χ0) is 20.6. The van der Waals surface area contributed by atoms with E-state index in [9.17, 15) is 0 Å². The summed E-state index contributed by atoms with van der Waals surface area (Å²) in [6.07, 6.45) is 7.97. The van der Waals surface area contributed by atoms with Gasteiger partial charge in [0.05, 0.1) is 18.6 Å². The van der Waals surface area contributed by atoms with Crippen molar-refractivity contribution in [3.05, 3.63) is 30.9 Å². The van der Waals surface area contributed by atoms with Gasteiger partial charge in [0.1, 0.15) is 24.1 Å². The second-order valence-corrected chi connectivity index (χ2v) is 8.47. The molecular formula is C22H26N8O. The third-order valence-electron chi connectivity index (χ3n) is 6.68. The van der Waals surface area contributed by atoms with Crippen molar-refractivity contribution in [2.24, 2.45) is 0 Å². The van der Waals surface area contributed by atoms with Gasteiger partial charge in [-0.05, 0) is 43.9 Å². The Balaban J connectivity index is 1.26. The van der Waals surface area contributed by atoms with Gasteiger partial charge in [-0.1, -0.05) is 0 Å². The smallest absolute Gasteiger partial charge is 0.161 e. The number of morpholine rings is 1. The summed E-state index contributed by atoms with van der Waals surface area (Å²) in [6.45, 7) is 3.87. The molecule has 0 radical (unpaired) electrons. The lowest BCUT2D eigenvalue weighted by molar-refractivity contribution is 0.00791. The number of rotatable bonds is 4. The summed E-state index contributed by atoms with van der Waals surface area (Å²) in [4.78, 5) is 18.2. The predicted molar refractivity (Wildman–Crippen MR) is 119 cm³/mol. The van der Waals surface area contributed by atoms with Gasteiger partial charge in [-0.25, -0.2) is 9.97 Å². The average molecular weight is 419 g/mol. The van der Waals surface area contributed by atoms with Gasteiger partial charge in [0, 0.05) is 41.6 Å². The third kappa shape index (κ3) is 3.53. The summed E-state index contributed by atoms with van der Waals surface area (Å²) in [7, 11) is 0. The maximum Gasteiger partial charge on any atom is 0.161 e.